The number of nitriles is 1. The summed E-state index contributed by atoms with van der Waals surface area (Å²) in [6.45, 7) is 0. The standard InChI is InChI=1S/C22H17NO2S/c23-16-20-8-10-21(11-9-20)17-26(24,25)22-14-12-19(13-15-22)7-6-18-4-2-1-3-5-18/h1-15H,17H2. The van der Waals surface area contributed by atoms with E-state index in [0.717, 1.165) is 11.1 Å². The summed E-state index contributed by atoms with van der Waals surface area (Å²) in [5, 5.41) is 8.81. The predicted molar refractivity (Wildman–Crippen MR) is 104 cm³/mol. The van der Waals surface area contributed by atoms with E-state index < -0.39 is 9.84 Å². The van der Waals surface area contributed by atoms with Crippen molar-refractivity contribution in [1.29, 1.82) is 5.26 Å². The molecule has 0 spiro atoms. The van der Waals surface area contributed by atoms with Crippen molar-refractivity contribution in [2.75, 3.05) is 0 Å². The highest BCUT2D eigenvalue weighted by atomic mass is 32.2. The van der Waals surface area contributed by atoms with Crippen molar-refractivity contribution in [3.8, 4) is 6.07 Å². The summed E-state index contributed by atoms with van der Waals surface area (Å²) in [6, 6.07) is 25.4. The van der Waals surface area contributed by atoms with Crippen LogP contribution in [-0.4, -0.2) is 8.42 Å². The van der Waals surface area contributed by atoms with Gasteiger partial charge in [0.2, 0.25) is 0 Å². The molecule has 3 rings (SSSR count). The lowest BCUT2D eigenvalue weighted by Crippen LogP contribution is -2.04. The van der Waals surface area contributed by atoms with Crippen molar-refractivity contribution in [3.63, 3.8) is 0 Å². The number of hydrogen-bond acceptors (Lipinski definition) is 3. The SMILES string of the molecule is N#Cc1ccc(CS(=O)(=O)c2ccc(C=Cc3ccccc3)cc2)cc1. The molecule has 0 aliphatic rings. The lowest BCUT2D eigenvalue weighted by Gasteiger charge is -2.05. The Morgan fingerprint density at radius 3 is 1.92 bits per heavy atom. The van der Waals surface area contributed by atoms with Crippen LogP contribution in [0.25, 0.3) is 12.2 Å². The fourth-order valence-corrected chi connectivity index (χ4v) is 3.87. The molecule has 0 aliphatic heterocycles. The monoisotopic (exact) mass is 359 g/mol. The summed E-state index contributed by atoms with van der Waals surface area (Å²) in [6.07, 6.45) is 3.94. The van der Waals surface area contributed by atoms with Gasteiger partial charge in [-0.3, -0.25) is 0 Å². The van der Waals surface area contributed by atoms with E-state index in [1.54, 1.807) is 48.5 Å². The summed E-state index contributed by atoms with van der Waals surface area (Å²) in [4.78, 5) is 0.290. The highest BCUT2D eigenvalue weighted by Gasteiger charge is 2.15. The topological polar surface area (TPSA) is 57.9 Å². The molecule has 128 valence electrons. The fourth-order valence-electron chi connectivity index (χ4n) is 2.52. The van der Waals surface area contributed by atoms with Crippen LogP contribution in [0.1, 0.15) is 22.3 Å². The zero-order valence-corrected chi connectivity index (χ0v) is 14.9. The molecule has 3 aromatic rings. The van der Waals surface area contributed by atoms with Gasteiger partial charge >= 0.3 is 0 Å². The van der Waals surface area contributed by atoms with Gasteiger partial charge in [0.1, 0.15) is 0 Å². The molecular formula is C22H17NO2S. The molecule has 0 saturated carbocycles. The van der Waals surface area contributed by atoms with Crippen molar-refractivity contribution in [1.82, 2.24) is 0 Å². The van der Waals surface area contributed by atoms with Gasteiger partial charge in [-0.2, -0.15) is 5.26 Å². The molecule has 0 fully saturated rings. The summed E-state index contributed by atoms with van der Waals surface area (Å²) in [5.74, 6) is -0.0854. The van der Waals surface area contributed by atoms with Crippen LogP contribution in [0.2, 0.25) is 0 Å². The van der Waals surface area contributed by atoms with Crippen LogP contribution < -0.4 is 0 Å². The Morgan fingerprint density at radius 2 is 1.35 bits per heavy atom. The molecule has 4 heteroatoms. The van der Waals surface area contributed by atoms with E-state index >= 15 is 0 Å². The molecule has 0 aliphatic carbocycles. The van der Waals surface area contributed by atoms with Gasteiger partial charge in [-0.25, -0.2) is 8.42 Å². The number of nitrogens with zero attached hydrogens (tertiary/aromatic N) is 1. The van der Waals surface area contributed by atoms with E-state index in [0.29, 0.717) is 16.0 Å². The Morgan fingerprint density at radius 1 is 0.769 bits per heavy atom. The molecule has 0 atom stereocenters. The van der Waals surface area contributed by atoms with Crippen LogP contribution in [0.4, 0.5) is 0 Å². The van der Waals surface area contributed by atoms with Crippen molar-refractivity contribution in [3.05, 3.63) is 101 Å². The lowest BCUT2D eigenvalue weighted by molar-refractivity contribution is 0.595. The van der Waals surface area contributed by atoms with Crippen molar-refractivity contribution < 1.29 is 8.42 Å². The Bertz CT molecular complexity index is 1040. The van der Waals surface area contributed by atoms with Gasteiger partial charge < -0.3 is 0 Å². The number of benzene rings is 3. The Balaban J connectivity index is 1.74. The van der Waals surface area contributed by atoms with Gasteiger partial charge in [-0.1, -0.05) is 66.7 Å². The third kappa shape index (κ3) is 4.47. The Labute approximate surface area is 153 Å². The second kappa shape index (κ2) is 7.81. The van der Waals surface area contributed by atoms with Crippen molar-refractivity contribution in [2.45, 2.75) is 10.6 Å². The highest BCUT2D eigenvalue weighted by Crippen LogP contribution is 2.18. The molecule has 0 saturated heterocycles. The first kappa shape index (κ1) is 17.7. The Kier molecular flexibility index (Phi) is 5.31. The summed E-state index contributed by atoms with van der Waals surface area (Å²) in [5.41, 5.74) is 3.20. The Hall–Kier alpha value is -3.16. The molecule has 0 aromatic heterocycles. The molecule has 26 heavy (non-hydrogen) atoms. The van der Waals surface area contributed by atoms with Gasteiger partial charge in [0.05, 0.1) is 22.3 Å². The minimum absolute atomic E-state index is 0.0854. The molecule has 3 aromatic carbocycles. The maximum Gasteiger partial charge on any atom is 0.182 e. The number of sulfone groups is 1. The third-order valence-corrected chi connectivity index (χ3v) is 5.65. The zero-order valence-electron chi connectivity index (χ0n) is 14.0. The van der Waals surface area contributed by atoms with Gasteiger partial charge in [0.25, 0.3) is 0 Å². The van der Waals surface area contributed by atoms with Crippen LogP contribution in [0, 0.1) is 11.3 Å². The van der Waals surface area contributed by atoms with Crippen LogP contribution >= 0.6 is 0 Å². The average molecular weight is 359 g/mol. The van der Waals surface area contributed by atoms with Gasteiger partial charge in [0.15, 0.2) is 9.84 Å². The summed E-state index contributed by atoms with van der Waals surface area (Å²) >= 11 is 0. The normalized spacial score (nSPS) is 11.3. The molecule has 0 radical (unpaired) electrons. The van der Waals surface area contributed by atoms with Gasteiger partial charge in [-0.15, -0.1) is 0 Å². The maximum atomic E-state index is 12.6. The summed E-state index contributed by atoms with van der Waals surface area (Å²) in [7, 11) is -3.42. The lowest BCUT2D eigenvalue weighted by atomic mass is 10.1. The van der Waals surface area contributed by atoms with Crippen molar-refractivity contribution in [2.24, 2.45) is 0 Å². The van der Waals surface area contributed by atoms with Gasteiger partial charge in [0, 0.05) is 0 Å². The molecule has 0 amide bonds. The minimum atomic E-state index is -3.42. The third-order valence-electron chi connectivity index (χ3n) is 3.95. The second-order valence-corrected chi connectivity index (χ2v) is 7.87. The van der Waals surface area contributed by atoms with E-state index in [4.69, 9.17) is 5.26 Å². The van der Waals surface area contributed by atoms with E-state index in [1.807, 2.05) is 48.6 Å². The molecule has 0 unspecified atom stereocenters. The smallest absolute Gasteiger partial charge is 0.182 e. The first-order valence-electron chi connectivity index (χ1n) is 8.12. The van der Waals surface area contributed by atoms with E-state index in [9.17, 15) is 8.42 Å². The molecule has 0 N–H and O–H groups in total. The molecule has 3 nitrogen and oxygen atoms in total. The molecule has 0 heterocycles. The first-order chi connectivity index (χ1) is 12.6. The predicted octanol–water partition coefficient (Wildman–Crippen LogP) is 4.70. The fraction of sp³-hybridized carbons (Fsp3) is 0.0455. The number of hydrogen-bond donors (Lipinski definition) is 0. The largest absolute Gasteiger partial charge is 0.223 e. The first-order valence-corrected chi connectivity index (χ1v) is 9.77. The van der Waals surface area contributed by atoms with Crippen LogP contribution in [-0.2, 0) is 15.6 Å². The molecular weight excluding hydrogens is 342 g/mol. The number of rotatable bonds is 5. The zero-order chi connectivity index (χ0) is 18.4. The summed E-state index contributed by atoms with van der Waals surface area (Å²) < 4.78 is 25.1. The van der Waals surface area contributed by atoms with E-state index in [1.165, 1.54) is 0 Å². The quantitative estimate of drug-likeness (QED) is 0.620. The van der Waals surface area contributed by atoms with Crippen LogP contribution in [0.5, 0.6) is 0 Å². The van der Waals surface area contributed by atoms with E-state index in [2.05, 4.69) is 0 Å². The van der Waals surface area contributed by atoms with Gasteiger partial charge in [-0.05, 0) is 41.0 Å². The van der Waals surface area contributed by atoms with Crippen LogP contribution in [0.15, 0.2) is 83.8 Å². The van der Waals surface area contributed by atoms with E-state index in [-0.39, 0.29) is 5.75 Å². The minimum Gasteiger partial charge on any atom is -0.223 e. The maximum absolute atomic E-state index is 12.6. The van der Waals surface area contributed by atoms with Crippen LogP contribution in [0.3, 0.4) is 0 Å². The molecule has 0 bridgehead atoms. The van der Waals surface area contributed by atoms with Crippen molar-refractivity contribution >= 4 is 22.0 Å². The highest BCUT2D eigenvalue weighted by molar-refractivity contribution is 7.90. The average Bonchev–Trinajstić information content (AvgIpc) is 2.68. The second-order valence-electron chi connectivity index (χ2n) is 5.88.